The van der Waals surface area contributed by atoms with Gasteiger partial charge in [0.05, 0.1) is 26.2 Å². The number of nitrogens with zero attached hydrogens (tertiary/aromatic N) is 2. The number of halogens is 2. The van der Waals surface area contributed by atoms with Gasteiger partial charge in [-0.1, -0.05) is 65.2 Å². The predicted molar refractivity (Wildman–Crippen MR) is 120 cm³/mol. The molecular weight excluding hydrogens is 427 g/mol. The molecule has 4 nitrogen and oxygen atoms in total. The number of rotatable bonds is 4. The summed E-state index contributed by atoms with van der Waals surface area (Å²) >= 11 is 13.6. The molecule has 0 saturated carbocycles. The number of hydrogen-bond donors (Lipinski definition) is 0. The molecule has 0 amide bonds. The fourth-order valence-electron chi connectivity index (χ4n) is 3.03. The van der Waals surface area contributed by atoms with Gasteiger partial charge in [-0.3, -0.25) is 10.1 Å². The number of nitro benzene ring substituents is 1. The van der Waals surface area contributed by atoms with Crippen LogP contribution in [0.3, 0.4) is 0 Å². The Kier molecular flexibility index (Phi) is 5.37. The zero-order valence-corrected chi connectivity index (χ0v) is 17.6. The van der Waals surface area contributed by atoms with Crippen molar-refractivity contribution < 1.29 is 4.92 Å². The topological polar surface area (TPSA) is 56.0 Å². The molecule has 0 bridgehead atoms. The summed E-state index contributed by atoms with van der Waals surface area (Å²) in [5.41, 5.74) is 5.14. The number of thiazole rings is 1. The van der Waals surface area contributed by atoms with E-state index < -0.39 is 0 Å². The van der Waals surface area contributed by atoms with Gasteiger partial charge in [-0.15, -0.1) is 11.3 Å². The minimum Gasteiger partial charge on any atom is -0.258 e. The summed E-state index contributed by atoms with van der Waals surface area (Å²) in [6.45, 7) is 1.92. The molecule has 4 rings (SSSR count). The summed E-state index contributed by atoms with van der Waals surface area (Å²) in [5, 5.41) is 15.2. The minimum absolute atomic E-state index is 0.0968. The number of aromatic nitrogens is 1. The Morgan fingerprint density at radius 3 is 2.28 bits per heavy atom. The maximum Gasteiger partial charge on any atom is 0.277 e. The molecule has 1 heterocycles. The van der Waals surface area contributed by atoms with Crippen LogP contribution in [0.1, 0.15) is 5.56 Å². The molecule has 1 aromatic heterocycles. The average Bonchev–Trinajstić information content (AvgIpc) is 3.20. The summed E-state index contributed by atoms with van der Waals surface area (Å²) in [4.78, 5) is 15.7. The van der Waals surface area contributed by atoms with Gasteiger partial charge in [0.2, 0.25) is 0 Å². The van der Waals surface area contributed by atoms with Gasteiger partial charge in [0.15, 0.2) is 0 Å². The summed E-state index contributed by atoms with van der Waals surface area (Å²) in [6.07, 6.45) is 0. The smallest absolute Gasteiger partial charge is 0.258 e. The van der Waals surface area contributed by atoms with Crippen LogP contribution in [-0.4, -0.2) is 9.91 Å². The van der Waals surface area contributed by atoms with E-state index in [9.17, 15) is 10.1 Å². The van der Waals surface area contributed by atoms with E-state index in [2.05, 4.69) is 0 Å². The first-order chi connectivity index (χ1) is 13.9. The lowest BCUT2D eigenvalue weighted by Gasteiger charge is -2.06. The van der Waals surface area contributed by atoms with E-state index in [-0.39, 0.29) is 10.6 Å². The van der Waals surface area contributed by atoms with Crippen molar-refractivity contribution in [1.29, 1.82) is 0 Å². The first kappa shape index (κ1) is 19.6. The Labute approximate surface area is 181 Å². The van der Waals surface area contributed by atoms with Crippen LogP contribution in [0.4, 0.5) is 5.69 Å². The molecule has 0 saturated heterocycles. The minimum atomic E-state index is -0.354. The van der Waals surface area contributed by atoms with Crippen LogP contribution in [0, 0.1) is 17.0 Å². The van der Waals surface area contributed by atoms with E-state index in [1.807, 2.05) is 48.7 Å². The quantitative estimate of drug-likeness (QED) is 0.241. The van der Waals surface area contributed by atoms with Gasteiger partial charge in [-0.2, -0.15) is 0 Å². The van der Waals surface area contributed by atoms with E-state index in [1.165, 1.54) is 11.3 Å². The zero-order chi connectivity index (χ0) is 20.5. The second kappa shape index (κ2) is 7.95. The van der Waals surface area contributed by atoms with Crippen molar-refractivity contribution in [2.24, 2.45) is 0 Å². The molecule has 0 unspecified atom stereocenters. The second-order valence-corrected chi connectivity index (χ2v) is 8.19. The Morgan fingerprint density at radius 2 is 1.59 bits per heavy atom. The van der Waals surface area contributed by atoms with Crippen LogP contribution >= 0.6 is 34.5 Å². The second-order valence-electron chi connectivity index (χ2n) is 6.52. The molecule has 0 radical (unpaired) electrons. The van der Waals surface area contributed by atoms with E-state index in [0.717, 1.165) is 33.0 Å². The monoisotopic (exact) mass is 440 g/mol. The van der Waals surface area contributed by atoms with Crippen molar-refractivity contribution >= 4 is 40.2 Å². The van der Waals surface area contributed by atoms with Crippen molar-refractivity contribution in [2.75, 3.05) is 0 Å². The molecule has 4 aromatic rings. The van der Waals surface area contributed by atoms with Gasteiger partial charge in [0, 0.05) is 22.6 Å². The maximum absolute atomic E-state index is 11.4. The van der Waals surface area contributed by atoms with Gasteiger partial charge in [0.25, 0.3) is 5.69 Å². The fourth-order valence-corrected chi connectivity index (χ4v) is 4.16. The van der Waals surface area contributed by atoms with Gasteiger partial charge >= 0.3 is 0 Å². The fraction of sp³-hybridized carbons (Fsp3) is 0.0455. The normalized spacial score (nSPS) is 10.9. The van der Waals surface area contributed by atoms with Gasteiger partial charge in [0.1, 0.15) is 5.01 Å². The summed E-state index contributed by atoms with van der Waals surface area (Å²) in [6, 6.07) is 18.2. The Hall–Kier alpha value is -2.73. The molecule has 0 aliphatic heterocycles. The highest BCUT2D eigenvalue weighted by molar-refractivity contribution is 7.13. The van der Waals surface area contributed by atoms with Crippen molar-refractivity contribution in [3.05, 3.63) is 91.8 Å². The summed E-state index contributed by atoms with van der Waals surface area (Å²) < 4.78 is 0. The molecule has 0 atom stereocenters. The van der Waals surface area contributed by atoms with Crippen molar-refractivity contribution in [2.45, 2.75) is 6.92 Å². The third-order valence-corrected chi connectivity index (χ3v) is 6.14. The zero-order valence-electron chi connectivity index (χ0n) is 15.2. The van der Waals surface area contributed by atoms with E-state index in [4.69, 9.17) is 28.2 Å². The van der Waals surface area contributed by atoms with Crippen LogP contribution in [0.2, 0.25) is 10.0 Å². The van der Waals surface area contributed by atoms with Crippen LogP contribution < -0.4 is 0 Å². The highest BCUT2D eigenvalue weighted by Crippen LogP contribution is 2.35. The van der Waals surface area contributed by atoms with E-state index >= 15 is 0 Å². The SMILES string of the molecule is Cc1ccc([N+](=O)[O-])c(-c2ccc(-c3nc(-c4ccc(Cl)c(Cl)c4)cs3)cc2)c1. The van der Waals surface area contributed by atoms with Crippen LogP contribution in [-0.2, 0) is 0 Å². The molecule has 0 N–H and O–H groups in total. The summed E-state index contributed by atoms with van der Waals surface area (Å²) in [5.74, 6) is 0. The third kappa shape index (κ3) is 4.03. The molecule has 0 aliphatic rings. The molecule has 0 spiro atoms. The lowest BCUT2D eigenvalue weighted by molar-refractivity contribution is -0.384. The Morgan fingerprint density at radius 1 is 0.897 bits per heavy atom. The number of benzene rings is 3. The van der Waals surface area contributed by atoms with Crippen molar-refractivity contribution in [3.8, 4) is 33.0 Å². The first-order valence-electron chi connectivity index (χ1n) is 8.69. The maximum atomic E-state index is 11.4. The van der Waals surface area contributed by atoms with Crippen molar-refractivity contribution in [3.63, 3.8) is 0 Å². The highest BCUT2D eigenvalue weighted by atomic mass is 35.5. The van der Waals surface area contributed by atoms with Crippen LogP contribution in [0.5, 0.6) is 0 Å². The van der Waals surface area contributed by atoms with Gasteiger partial charge in [-0.05, 0) is 30.7 Å². The van der Waals surface area contributed by atoms with Crippen molar-refractivity contribution in [1.82, 2.24) is 4.98 Å². The third-order valence-electron chi connectivity index (χ3n) is 4.51. The predicted octanol–water partition coefficient (Wildman–Crippen LogP) is 7.67. The highest BCUT2D eigenvalue weighted by Gasteiger charge is 2.15. The summed E-state index contributed by atoms with van der Waals surface area (Å²) in [7, 11) is 0. The Balaban J connectivity index is 1.66. The lowest BCUT2D eigenvalue weighted by atomic mass is 10.0. The van der Waals surface area contributed by atoms with E-state index in [0.29, 0.717) is 15.6 Å². The molecule has 0 aliphatic carbocycles. The Bertz CT molecular complexity index is 1220. The van der Waals surface area contributed by atoms with Gasteiger partial charge in [-0.25, -0.2) is 4.98 Å². The van der Waals surface area contributed by atoms with Gasteiger partial charge < -0.3 is 0 Å². The molecule has 3 aromatic carbocycles. The number of hydrogen-bond acceptors (Lipinski definition) is 4. The number of aryl methyl sites for hydroxylation is 1. The molecule has 0 fully saturated rings. The molecule has 144 valence electrons. The van der Waals surface area contributed by atoms with Crippen LogP contribution in [0.25, 0.3) is 33.0 Å². The molecule has 7 heteroatoms. The molecule has 29 heavy (non-hydrogen) atoms. The average molecular weight is 441 g/mol. The molecular formula is C22H14Cl2N2O2S. The first-order valence-corrected chi connectivity index (χ1v) is 10.3. The standard InChI is InChI=1S/C22H14Cl2N2O2S/c1-13-2-9-21(26(27)28)17(10-13)14-3-5-15(6-4-14)22-25-20(12-29-22)16-7-8-18(23)19(24)11-16/h2-12H,1H3. The largest absolute Gasteiger partial charge is 0.277 e. The lowest BCUT2D eigenvalue weighted by Crippen LogP contribution is -1.92. The number of nitro groups is 1. The van der Waals surface area contributed by atoms with Crippen LogP contribution in [0.15, 0.2) is 66.0 Å². The van der Waals surface area contributed by atoms with E-state index in [1.54, 1.807) is 24.3 Å².